The van der Waals surface area contributed by atoms with Crippen molar-refractivity contribution in [3.8, 4) is 0 Å². The number of halogens is 2. The molecule has 1 aromatic heterocycles. The summed E-state index contributed by atoms with van der Waals surface area (Å²) in [6.07, 6.45) is 2.47. The Hall–Kier alpha value is -1.85. The number of hydrogen-bond donors (Lipinski definition) is 2. The van der Waals surface area contributed by atoms with Gasteiger partial charge < -0.3 is 10.4 Å². The molecule has 2 aromatic rings. The van der Waals surface area contributed by atoms with Gasteiger partial charge in [-0.05, 0) is 49.2 Å². The van der Waals surface area contributed by atoms with Gasteiger partial charge in [-0.2, -0.15) is 0 Å². The highest BCUT2D eigenvalue weighted by molar-refractivity contribution is 5.21. The highest BCUT2D eigenvalue weighted by Crippen LogP contribution is 2.21. The van der Waals surface area contributed by atoms with E-state index in [4.69, 9.17) is 0 Å². The zero-order valence-electron chi connectivity index (χ0n) is 11.9. The van der Waals surface area contributed by atoms with Gasteiger partial charge in [0.2, 0.25) is 0 Å². The van der Waals surface area contributed by atoms with Gasteiger partial charge in [0.1, 0.15) is 0 Å². The zero-order valence-corrected chi connectivity index (χ0v) is 11.9. The largest absolute Gasteiger partial charge is 0.387 e. The first-order chi connectivity index (χ1) is 9.99. The van der Waals surface area contributed by atoms with Crippen molar-refractivity contribution >= 4 is 0 Å². The maximum absolute atomic E-state index is 13.2. The second-order valence-corrected chi connectivity index (χ2v) is 5.08. The molecule has 0 saturated carbocycles. The van der Waals surface area contributed by atoms with Crippen molar-refractivity contribution < 1.29 is 13.9 Å². The fourth-order valence-corrected chi connectivity index (χ4v) is 2.22. The third kappa shape index (κ3) is 3.83. The molecule has 0 fully saturated rings. The fourth-order valence-electron chi connectivity index (χ4n) is 2.22. The molecule has 1 aromatic carbocycles. The van der Waals surface area contributed by atoms with E-state index in [2.05, 4.69) is 10.3 Å². The molecule has 0 saturated heterocycles. The Morgan fingerprint density at radius 2 is 1.67 bits per heavy atom. The van der Waals surface area contributed by atoms with Crippen molar-refractivity contribution in [3.63, 3.8) is 0 Å². The summed E-state index contributed by atoms with van der Waals surface area (Å²) in [5.74, 6) is -1.88. The van der Waals surface area contributed by atoms with Crippen LogP contribution in [-0.2, 0) is 0 Å². The number of hydrogen-bond acceptors (Lipinski definition) is 3. The Labute approximate surface area is 122 Å². The van der Waals surface area contributed by atoms with Crippen LogP contribution in [0.1, 0.15) is 37.1 Å². The molecule has 21 heavy (non-hydrogen) atoms. The molecule has 3 atom stereocenters. The fraction of sp³-hybridized carbons (Fsp3) is 0.312. The number of aromatic nitrogens is 1. The molecule has 0 aliphatic rings. The topological polar surface area (TPSA) is 45.1 Å². The van der Waals surface area contributed by atoms with Crippen LogP contribution in [0.3, 0.4) is 0 Å². The Bertz CT molecular complexity index is 592. The van der Waals surface area contributed by atoms with Crippen molar-refractivity contribution in [1.82, 2.24) is 10.3 Å². The van der Waals surface area contributed by atoms with E-state index >= 15 is 0 Å². The van der Waals surface area contributed by atoms with E-state index in [9.17, 15) is 13.9 Å². The van der Waals surface area contributed by atoms with Gasteiger partial charge in [0.15, 0.2) is 11.6 Å². The first-order valence-corrected chi connectivity index (χ1v) is 6.78. The smallest absolute Gasteiger partial charge is 0.159 e. The highest BCUT2D eigenvalue weighted by Gasteiger charge is 2.20. The van der Waals surface area contributed by atoms with E-state index in [-0.39, 0.29) is 12.1 Å². The Kier molecular flexibility index (Phi) is 4.98. The summed E-state index contributed by atoms with van der Waals surface area (Å²) in [7, 11) is 0. The Balaban J connectivity index is 2.05. The molecular formula is C16H18F2N2O. The van der Waals surface area contributed by atoms with E-state index in [1.54, 1.807) is 19.3 Å². The number of rotatable bonds is 5. The average molecular weight is 292 g/mol. The van der Waals surface area contributed by atoms with E-state index in [1.807, 2.05) is 19.1 Å². The molecule has 112 valence electrons. The standard InChI is InChI=1S/C16H18F2N2O/c1-10(12-5-7-19-8-6-12)20-11(2)16(21)13-3-4-14(17)15(18)9-13/h3-11,16,20-21H,1-2H3. The van der Waals surface area contributed by atoms with Gasteiger partial charge in [0.25, 0.3) is 0 Å². The van der Waals surface area contributed by atoms with Crippen molar-refractivity contribution in [2.24, 2.45) is 0 Å². The summed E-state index contributed by atoms with van der Waals surface area (Å²) in [6.45, 7) is 3.76. The van der Waals surface area contributed by atoms with Crippen LogP contribution in [0.25, 0.3) is 0 Å². The molecule has 0 amide bonds. The minimum atomic E-state index is -0.957. The first kappa shape index (κ1) is 15.5. The normalized spacial score (nSPS) is 15.5. The van der Waals surface area contributed by atoms with Crippen LogP contribution in [0.15, 0.2) is 42.7 Å². The second kappa shape index (κ2) is 6.74. The summed E-state index contributed by atoms with van der Waals surface area (Å²) in [5, 5.41) is 13.5. The van der Waals surface area contributed by atoms with Crippen LogP contribution >= 0.6 is 0 Å². The van der Waals surface area contributed by atoms with Crippen LogP contribution in [0.2, 0.25) is 0 Å². The molecule has 5 heteroatoms. The van der Waals surface area contributed by atoms with Crippen molar-refractivity contribution in [3.05, 3.63) is 65.5 Å². The van der Waals surface area contributed by atoms with Gasteiger partial charge in [-0.3, -0.25) is 4.98 Å². The summed E-state index contributed by atoms with van der Waals surface area (Å²) in [5.41, 5.74) is 1.38. The van der Waals surface area contributed by atoms with Gasteiger partial charge >= 0.3 is 0 Å². The SMILES string of the molecule is CC(NC(C)C(O)c1ccc(F)c(F)c1)c1ccncc1. The van der Waals surface area contributed by atoms with Crippen LogP contribution in [0.4, 0.5) is 8.78 Å². The number of nitrogens with one attached hydrogen (secondary N) is 1. The summed E-state index contributed by atoms with van der Waals surface area (Å²) in [6, 6.07) is 6.88. The number of aliphatic hydroxyl groups excluding tert-OH is 1. The molecule has 1 heterocycles. The molecule has 3 nitrogen and oxygen atoms in total. The van der Waals surface area contributed by atoms with Gasteiger partial charge in [-0.15, -0.1) is 0 Å². The Morgan fingerprint density at radius 1 is 1.00 bits per heavy atom. The lowest BCUT2D eigenvalue weighted by atomic mass is 10.0. The molecule has 0 aliphatic heterocycles. The van der Waals surface area contributed by atoms with Crippen molar-refractivity contribution in [2.75, 3.05) is 0 Å². The molecule has 3 unspecified atom stereocenters. The minimum absolute atomic E-state index is 0.00273. The lowest BCUT2D eigenvalue weighted by molar-refractivity contribution is 0.130. The molecule has 0 spiro atoms. The van der Waals surface area contributed by atoms with E-state index < -0.39 is 17.7 Å². The molecule has 0 bridgehead atoms. The molecule has 2 rings (SSSR count). The molecule has 0 radical (unpaired) electrons. The van der Waals surface area contributed by atoms with Crippen LogP contribution < -0.4 is 5.32 Å². The van der Waals surface area contributed by atoms with E-state index in [0.29, 0.717) is 5.56 Å². The van der Waals surface area contributed by atoms with Gasteiger partial charge in [0, 0.05) is 24.5 Å². The third-order valence-corrected chi connectivity index (χ3v) is 3.48. The summed E-state index contributed by atoms with van der Waals surface area (Å²) < 4.78 is 26.1. The first-order valence-electron chi connectivity index (χ1n) is 6.78. The zero-order chi connectivity index (χ0) is 15.4. The predicted octanol–water partition coefficient (Wildman–Crippen LogP) is 3.13. The number of nitrogens with zero attached hydrogens (tertiary/aromatic N) is 1. The van der Waals surface area contributed by atoms with Gasteiger partial charge in [-0.1, -0.05) is 6.07 Å². The monoisotopic (exact) mass is 292 g/mol. The lowest BCUT2D eigenvalue weighted by Gasteiger charge is -2.25. The lowest BCUT2D eigenvalue weighted by Crippen LogP contribution is -2.34. The van der Waals surface area contributed by atoms with Gasteiger partial charge in [-0.25, -0.2) is 8.78 Å². The van der Waals surface area contributed by atoms with Crippen LogP contribution in [0.5, 0.6) is 0 Å². The number of pyridine rings is 1. The van der Waals surface area contributed by atoms with E-state index in [1.165, 1.54) is 6.07 Å². The van der Waals surface area contributed by atoms with Gasteiger partial charge in [0.05, 0.1) is 6.10 Å². The van der Waals surface area contributed by atoms with Crippen molar-refractivity contribution in [1.29, 1.82) is 0 Å². The van der Waals surface area contributed by atoms with Crippen LogP contribution in [0, 0.1) is 11.6 Å². The maximum atomic E-state index is 13.2. The molecule has 2 N–H and O–H groups in total. The second-order valence-electron chi connectivity index (χ2n) is 5.08. The van der Waals surface area contributed by atoms with Crippen LogP contribution in [-0.4, -0.2) is 16.1 Å². The number of benzene rings is 1. The third-order valence-electron chi connectivity index (χ3n) is 3.48. The number of aliphatic hydroxyl groups is 1. The minimum Gasteiger partial charge on any atom is -0.387 e. The summed E-state index contributed by atoms with van der Waals surface area (Å²) >= 11 is 0. The molecule has 0 aliphatic carbocycles. The molecular weight excluding hydrogens is 274 g/mol. The van der Waals surface area contributed by atoms with E-state index in [0.717, 1.165) is 17.7 Å². The highest BCUT2D eigenvalue weighted by atomic mass is 19.2. The Morgan fingerprint density at radius 3 is 2.29 bits per heavy atom. The quantitative estimate of drug-likeness (QED) is 0.890. The van der Waals surface area contributed by atoms with Crippen molar-refractivity contribution in [2.45, 2.75) is 32.0 Å². The summed E-state index contributed by atoms with van der Waals surface area (Å²) in [4.78, 5) is 3.95. The average Bonchev–Trinajstić information content (AvgIpc) is 2.50. The predicted molar refractivity (Wildman–Crippen MR) is 76.6 cm³/mol. The maximum Gasteiger partial charge on any atom is 0.159 e.